The van der Waals surface area contributed by atoms with Gasteiger partial charge in [0.15, 0.2) is 0 Å². The van der Waals surface area contributed by atoms with Gasteiger partial charge in [-0.15, -0.1) is 0 Å². The fourth-order valence-electron chi connectivity index (χ4n) is 2.04. The number of carbonyl (C=O) groups is 1. The molecule has 0 spiro atoms. The highest BCUT2D eigenvalue weighted by molar-refractivity contribution is 5.75. The van der Waals surface area contributed by atoms with Crippen LogP contribution in [0.3, 0.4) is 0 Å². The number of rotatable bonds is 2. The van der Waals surface area contributed by atoms with Gasteiger partial charge in [-0.3, -0.25) is 0 Å². The molecule has 1 fully saturated rings. The number of ether oxygens (including phenoxy) is 1. The summed E-state index contributed by atoms with van der Waals surface area (Å²) in [7, 11) is 0. The molecular formula is C14H20N2O2. The minimum Gasteiger partial charge on any atom is -0.378 e. The predicted molar refractivity (Wildman–Crippen MR) is 70.4 cm³/mol. The fraction of sp³-hybridized carbons (Fsp3) is 0.500. The maximum Gasteiger partial charge on any atom is 0.318 e. The van der Waals surface area contributed by atoms with Gasteiger partial charge in [0.05, 0.1) is 18.8 Å². The highest BCUT2D eigenvalue weighted by Gasteiger charge is 2.26. The maximum atomic E-state index is 12.1. The van der Waals surface area contributed by atoms with Gasteiger partial charge in [0.1, 0.15) is 0 Å². The summed E-state index contributed by atoms with van der Waals surface area (Å²) in [6.45, 7) is 6.60. The van der Waals surface area contributed by atoms with Gasteiger partial charge in [-0.25, -0.2) is 4.79 Å². The van der Waals surface area contributed by atoms with E-state index in [9.17, 15) is 4.79 Å². The van der Waals surface area contributed by atoms with Crippen molar-refractivity contribution in [2.45, 2.75) is 19.4 Å². The van der Waals surface area contributed by atoms with Crippen molar-refractivity contribution in [1.29, 1.82) is 0 Å². The number of amides is 2. The predicted octanol–water partition coefficient (Wildman–Crippen LogP) is 1.96. The molecule has 2 amide bonds. The first kappa shape index (κ1) is 12.9. The second kappa shape index (κ2) is 5.40. The smallest absolute Gasteiger partial charge is 0.318 e. The molecule has 2 rings (SSSR count). The monoisotopic (exact) mass is 248 g/mol. The van der Waals surface area contributed by atoms with Crippen LogP contribution < -0.4 is 5.32 Å². The number of nitrogens with zero attached hydrogens (tertiary/aromatic N) is 1. The molecule has 0 bridgehead atoms. The van der Waals surface area contributed by atoms with E-state index < -0.39 is 0 Å². The standard InChI is InChI=1S/C14H20N2O2/c1-14(2,12-6-4-3-5-7-12)15-13(17)16-8-10-18-11-9-16/h3-7H,8-11H2,1-2H3,(H,15,17). The quantitative estimate of drug-likeness (QED) is 0.869. The van der Waals surface area contributed by atoms with E-state index in [0.717, 1.165) is 5.56 Å². The number of hydrogen-bond donors (Lipinski definition) is 1. The number of hydrogen-bond acceptors (Lipinski definition) is 2. The molecule has 1 aliphatic heterocycles. The van der Waals surface area contributed by atoms with Crippen molar-refractivity contribution in [3.8, 4) is 0 Å². The Kier molecular flexibility index (Phi) is 3.87. The van der Waals surface area contributed by atoms with Gasteiger partial charge >= 0.3 is 6.03 Å². The van der Waals surface area contributed by atoms with Crippen LogP contribution in [0.15, 0.2) is 30.3 Å². The van der Waals surface area contributed by atoms with Crippen molar-refractivity contribution in [2.24, 2.45) is 0 Å². The van der Waals surface area contributed by atoms with E-state index in [-0.39, 0.29) is 11.6 Å². The molecule has 0 unspecified atom stereocenters. The number of urea groups is 1. The Hall–Kier alpha value is -1.55. The van der Waals surface area contributed by atoms with E-state index in [1.807, 2.05) is 44.2 Å². The van der Waals surface area contributed by atoms with Crippen LogP contribution in [0.1, 0.15) is 19.4 Å². The summed E-state index contributed by atoms with van der Waals surface area (Å²) >= 11 is 0. The maximum absolute atomic E-state index is 12.1. The Bertz CT molecular complexity index is 398. The first-order valence-corrected chi connectivity index (χ1v) is 6.30. The van der Waals surface area contributed by atoms with E-state index >= 15 is 0 Å². The van der Waals surface area contributed by atoms with Crippen LogP contribution in [0.25, 0.3) is 0 Å². The third kappa shape index (κ3) is 3.01. The zero-order valence-electron chi connectivity index (χ0n) is 11.0. The zero-order valence-corrected chi connectivity index (χ0v) is 11.0. The number of benzene rings is 1. The molecule has 1 saturated heterocycles. The molecule has 1 aliphatic rings. The molecule has 1 aromatic rings. The molecule has 0 aliphatic carbocycles. The normalized spacial score (nSPS) is 16.4. The minimum absolute atomic E-state index is 0.0212. The SMILES string of the molecule is CC(C)(NC(=O)N1CCOCC1)c1ccccc1. The molecule has 4 nitrogen and oxygen atoms in total. The van der Waals surface area contributed by atoms with Crippen molar-refractivity contribution in [1.82, 2.24) is 10.2 Å². The van der Waals surface area contributed by atoms with Crippen molar-refractivity contribution in [3.05, 3.63) is 35.9 Å². The largest absolute Gasteiger partial charge is 0.378 e. The molecule has 0 atom stereocenters. The van der Waals surface area contributed by atoms with Crippen LogP contribution in [-0.4, -0.2) is 37.2 Å². The first-order valence-electron chi connectivity index (χ1n) is 6.30. The van der Waals surface area contributed by atoms with Crippen LogP contribution in [0, 0.1) is 0 Å². The molecular weight excluding hydrogens is 228 g/mol. The lowest BCUT2D eigenvalue weighted by molar-refractivity contribution is 0.0514. The average molecular weight is 248 g/mol. The number of morpholine rings is 1. The number of carbonyl (C=O) groups excluding carboxylic acids is 1. The van der Waals surface area contributed by atoms with Gasteiger partial charge in [-0.05, 0) is 19.4 Å². The van der Waals surface area contributed by atoms with E-state index in [1.165, 1.54) is 0 Å². The third-order valence-corrected chi connectivity index (χ3v) is 3.21. The van der Waals surface area contributed by atoms with Crippen LogP contribution >= 0.6 is 0 Å². The Morgan fingerprint density at radius 2 is 1.83 bits per heavy atom. The van der Waals surface area contributed by atoms with Gasteiger partial charge in [-0.1, -0.05) is 30.3 Å². The Balaban J connectivity index is 2.01. The summed E-state index contributed by atoms with van der Waals surface area (Å²) in [5.74, 6) is 0. The highest BCUT2D eigenvalue weighted by atomic mass is 16.5. The molecule has 0 saturated carbocycles. The van der Waals surface area contributed by atoms with Gasteiger partial charge in [0.25, 0.3) is 0 Å². The number of nitrogens with one attached hydrogen (secondary N) is 1. The first-order chi connectivity index (χ1) is 8.59. The van der Waals surface area contributed by atoms with Gasteiger partial charge in [-0.2, -0.15) is 0 Å². The van der Waals surface area contributed by atoms with Crippen LogP contribution in [-0.2, 0) is 10.3 Å². The topological polar surface area (TPSA) is 41.6 Å². The third-order valence-electron chi connectivity index (χ3n) is 3.21. The van der Waals surface area contributed by atoms with E-state index in [2.05, 4.69) is 5.32 Å². The average Bonchev–Trinajstić information content (AvgIpc) is 2.40. The second-order valence-corrected chi connectivity index (χ2v) is 5.02. The molecule has 18 heavy (non-hydrogen) atoms. The molecule has 1 N–H and O–H groups in total. The lowest BCUT2D eigenvalue weighted by Crippen LogP contribution is -2.51. The molecule has 4 heteroatoms. The summed E-state index contributed by atoms with van der Waals surface area (Å²) in [6.07, 6.45) is 0. The molecule has 0 radical (unpaired) electrons. The summed E-state index contributed by atoms with van der Waals surface area (Å²) < 4.78 is 5.24. The summed E-state index contributed by atoms with van der Waals surface area (Å²) in [5.41, 5.74) is 0.739. The Morgan fingerprint density at radius 1 is 1.22 bits per heavy atom. The lowest BCUT2D eigenvalue weighted by Gasteiger charge is -2.33. The molecule has 98 valence electrons. The van der Waals surface area contributed by atoms with Crippen LogP contribution in [0.2, 0.25) is 0 Å². The summed E-state index contributed by atoms with van der Waals surface area (Å²) in [4.78, 5) is 13.9. The van der Waals surface area contributed by atoms with E-state index in [0.29, 0.717) is 26.3 Å². The van der Waals surface area contributed by atoms with E-state index in [4.69, 9.17) is 4.74 Å². The Morgan fingerprint density at radius 3 is 2.44 bits per heavy atom. The van der Waals surface area contributed by atoms with Crippen molar-refractivity contribution < 1.29 is 9.53 Å². The zero-order chi connectivity index (χ0) is 13.0. The van der Waals surface area contributed by atoms with Crippen molar-refractivity contribution in [3.63, 3.8) is 0 Å². The van der Waals surface area contributed by atoms with Gasteiger partial charge in [0.2, 0.25) is 0 Å². The van der Waals surface area contributed by atoms with Crippen LogP contribution in [0.4, 0.5) is 4.79 Å². The summed E-state index contributed by atoms with van der Waals surface area (Å²) in [6, 6.07) is 9.98. The van der Waals surface area contributed by atoms with Gasteiger partial charge < -0.3 is 15.0 Å². The van der Waals surface area contributed by atoms with Crippen molar-refractivity contribution in [2.75, 3.05) is 26.3 Å². The molecule has 1 aromatic carbocycles. The highest BCUT2D eigenvalue weighted by Crippen LogP contribution is 2.19. The summed E-state index contributed by atoms with van der Waals surface area (Å²) in [5, 5.41) is 3.07. The van der Waals surface area contributed by atoms with E-state index in [1.54, 1.807) is 4.90 Å². The van der Waals surface area contributed by atoms with Gasteiger partial charge in [0, 0.05) is 13.1 Å². The minimum atomic E-state index is -0.364. The molecule has 0 aromatic heterocycles. The fourth-order valence-corrected chi connectivity index (χ4v) is 2.04. The lowest BCUT2D eigenvalue weighted by atomic mass is 9.94. The Labute approximate surface area is 108 Å². The van der Waals surface area contributed by atoms with Crippen molar-refractivity contribution >= 4 is 6.03 Å². The van der Waals surface area contributed by atoms with Crippen LogP contribution in [0.5, 0.6) is 0 Å². The second-order valence-electron chi connectivity index (χ2n) is 5.02. The molecule has 1 heterocycles.